The fraction of sp³-hybridized carbons (Fsp3) is 0.214. The fourth-order valence-corrected chi connectivity index (χ4v) is 4.69. The number of halogens is 2. The third kappa shape index (κ3) is 6.36. The van der Waals surface area contributed by atoms with Gasteiger partial charge in [0.2, 0.25) is 11.8 Å². The quantitative estimate of drug-likeness (QED) is 0.346. The number of ether oxygens (including phenoxy) is 1. The highest BCUT2D eigenvalue weighted by atomic mass is 35.5. The lowest BCUT2D eigenvalue weighted by atomic mass is 9.96. The van der Waals surface area contributed by atoms with Crippen LogP contribution in [0.1, 0.15) is 12.0 Å². The Bertz CT molecular complexity index is 1380. The summed E-state index contributed by atoms with van der Waals surface area (Å²) >= 11 is 6.02. The van der Waals surface area contributed by atoms with Gasteiger partial charge in [-0.25, -0.2) is 9.07 Å². The molecule has 1 aliphatic rings. The zero-order chi connectivity index (χ0) is 26.5. The van der Waals surface area contributed by atoms with Crippen molar-refractivity contribution in [2.75, 3.05) is 11.9 Å². The molecule has 5 rings (SSSR count). The molecule has 38 heavy (non-hydrogen) atoms. The second-order valence-corrected chi connectivity index (χ2v) is 9.60. The molecule has 1 saturated heterocycles. The normalized spacial score (nSPS) is 16.8. The van der Waals surface area contributed by atoms with Crippen LogP contribution in [-0.2, 0) is 22.6 Å². The Morgan fingerprint density at radius 1 is 1.00 bits per heavy atom. The molecule has 2 heterocycles. The SMILES string of the molecule is O=C(Nc1ccc(Oc2ccc(F)cc2)cc1)[C@@H]1C[C@@H](Cc2ccc(Cl)cc2)CN1C(=O)Cn1ccnn1. The van der Waals surface area contributed by atoms with Crippen LogP contribution >= 0.6 is 11.6 Å². The monoisotopic (exact) mass is 533 g/mol. The largest absolute Gasteiger partial charge is 0.457 e. The highest BCUT2D eigenvalue weighted by molar-refractivity contribution is 6.30. The van der Waals surface area contributed by atoms with Crippen molar-refractivity contribution in [3.8, 4) is 11.5 Å². The van der Waals surface area contributed by atoms with Gasteiger partial charge in [-0.3, -0.25) is 9.59 Å². The van der Waals surface area contributed by atoms with Crippen LogP contribution in [0.4, 0.5) is 10.1 Å². The first-order valence-corrected chi connectivity index (χ1v) is 12.5. The maximum absolute atomic E-state index is 13.4. The highest BCUT2D eigenvalue weighted by Gasteiger charge is 2.39. The van der Waals surface area contributed by atoms with Crippen molar-refractivity contribution in [3.63, 3.8) is 0 Å². The fourth-order valence-electron chi connectivity index (χ4n) is 4.57. The molecule has 0 unspecified atom stereocenters. The average Bonchev–Trinajstić information content (AvgIpc) is 3.58. The lowest BCUT2D eigenvalue weighted by Gasteiger charge is -2.24. The molecule has 2 amide bonds. The standard InChI is InChI=1S/C28H25ClFN5O3/c29-21-3-1-19(2-4-21)15-20-16-26(35(17-20)27(36)18-34-14-13-31-33-34)28(37)32-23-7-11-25(12-8-23)38-24-9-5-22(30)6-10-24/h1-14,20,26H,15-18H2,(H,32,37)/t20-,26+/m1/s1. The van der Waals surface area contributed by atoms with Crippen LogP contribution in [0.5, 0.6) is 11.5 Å². The number of nitrogens with zero attached hydrogens (tertiary/aromatic N) is 4. The topological polar surface area (TPSA) is 89.4 Å². The minimum Gasteiger partial charge on any atom is -0.457 e. The molecule has 0 bridgehead atoms. The molecule has 194 valence electrons. The van der Waals surface area contributed by atoms with Gasteiger partial charge in [0.05, 0.1) is 6.20 Å². The predicted octanol–water partition coefficient (Wildman–Crippen LogP) is 4.96. The molecule has 0 aliphatic carbocycles. The van der Waals surface area contributed by atoms with Crippen LogP contribution in [0.2, 0.25) is 5.02 Å². The Hall–Kier alpha value is -4.24. The Labute approximate surface area is 224 Å². The number of amides is 2. The molecule has 0 radical (unpaired) electrons. The summed E-state index contributed by atoms with van der Waals surface area (Å²) in [6, 6.07) is 19.6. The minimum atomic E-state index is -0.626. The molecule has 10 heteroatoms. The van der Waals surface area contributed by atoms with Gasteiger partial charge in [-0.1, -0.05) is 28.9 Å². The first kappa shape index (κ1) is 25.4. The molecule has 1 aliphatic heterocycles. The molecular formula is C28H25ClFN5O3. The zero-order valence-corrected chi connectivity index (χ0v) is 21.1. The Balaban J connectivity index is 1.26. The number of anilines is 1. The Morgan fingerprint density at radius 2 is 1.68 bits per heavy atom. The number of hydrogen-bond acceptors (Lipinski definition) is 5. The predicted molar refractivity (Wildman–Crippen MR) is 140 cm³/mol. The van der Waals surface area contributed by atoms with Gasteiger partial charge >= 0.3 is 0 Å². The first-order chi connectivity index (χ1) is 18.4. The number of aromatic nitrogens is 3. The van der Waals surface area contributed by atoms with Crippen molar-refractivity contribution >= 4 is 29.1 Å². The Morgan fingerprint density at radius 3 is 2.34 bits per heavy atom. The van der Waals surface area contributed by atoms with E-state index in [-0.39, 0.29) is 30.1 Å². The molecule has 1 aromatic heterocycles. The Kier molecular flexibility index (Phi) is 7.65. The van der Waals surface area contributed by atoms with Crippen molar-refractivity contribution in [1.82, 2.24) is 19.9 Å². The third-order valence-electron chi connectivity index (χ3n) is 6.39. The summed E-state index contributed by atoms with van der Waals surface area (Å²) in [5, 5.41) is 11.2. The van der Waals surface area contributed by atoms with Crippen molar-refractivity contribution in [2.24, 2.45) is 5.92 Å². The summed E-state index contributed by atoms with van der Waals surface area (Å²) in [6.45, 7) is 0.464. The molecule has 4 aromatic rings. The van der Waals surface area contributed by atoms with E-state index in [2.05, 4.69) is 15.6 Å². The number of nitrogens with one attached hydrogen (secondary N) is 1. The smallest absolute Gasteiger partial charge is 0.247 e. The van der Waals surface area contributed by atoms with E-state index >= 15 is 0 Å². The molecular weight excluding hydrogens is 509 g/mol. The van der Waals surface area contributed by atoms with Gasteiger partial charge in [-0.05, 0) is 85.0 Å². The van der Waals surface area contributed by atoms with Gasteiger partial charge < -0.3 is 15.0 Å². The van der Waals surface area contributed by atoms with E-state index in [0.29, 0.717) is 35.2 Å². The number of likely N-dealkylation sites (tertiary alicyclic amines) is 1. The second-order valence-electron chi connectivity index (χ2n) is 9.16. The van der Waals surface area contributed by atoms with E-state index in [0.717, 1.165) is 12.0 Å². The van der Waals surface area contributed by atoms with Gasteiger partial charge in [-0.2, -0.15) is 0 Å². The summed E-state index contributed by atoms with van der Waals surface area (Å²) in [6.07, 6.45) is 4.38. The summed E-state index contributed by atoms with van der Waals surface area (Å²) < 4.78 is 20.3. The van der Waals surface area contributed by atoms with Crippen LogP contribution in [0.25, 0.3) is 0 Å². The third-order valence-corrected chi connectivity index (χ3v) is 6.64. The van der Waals surface area contributed by atoms with Crippen LogP contribution < -0.4 is 10.1 Å². The van der Waals surface area contributed by atoms with Crippen molar-refractivity contribution in [1.29, 1.82) is 0 Å². The number of carbonyl (C=O) groups is 2. The number of hydrogen-bond donors (Lipinski definition) is 1. The van der Waals surface area contributed by atoms with Crippen LogP contribution in [0.3, 0.4) is 0 Å². The second kappa shape index (κ2) is 11.4. The lowest BCUT2D eigenvalue weighted by molar-refractivity contribution is -0.137. The van der Waals surface area contributed by atoms with E-state index in [4.69, 9.17) is 16.3 Å². The van der Waals surface area contributed by atoms with Gasteiger partial charge in [0, 0.05) is 23.5 Å². The minimum absolute atomic E-state index is 0.00681. The van der Waals surface area contributed by atoms with E-state index in [1.807, 2.05) is 24.3 Å². The van der Waals surface area contributed by atoms with Crippen LogP contribution in [-0.4, -0.2) is 44.3 Å². The number of rotatable bonds is 8. The van der Waals surface area contributed by atoms with Crippen LogP contribution in [0.15, 0.2) is 85.2 Å². The summed E-state index contributed by atoms with van der Waals surface area (Å²) in [5.41, 5.74) is 1.67. The van der Waals surface area contributed by atoms with Gasteiger partial charge in [0.25, 0.3) is 0 Å². The molecule has 1 N–H and O–H groups in total. The highest BCUT2D eigenvalue weighted by Crippen LogP contribution is 2.29. The van der Waals surface area contributed by atoms with Gasteiger partial charge in [0.15, 0.2) is 0 Å². The molecule has 0 spiro atoms. The zero-order valence-electron chi connectivity index (χ0n) is 20.3. The molecule has 0 saturated carbocycles. The molecule has 2 atom stereocenters. The first-order valence-electron chi connectivity index (χ1n) is 12.2. The van der Waals surface area contributed by atoms with E-state index in [1.165, 1.54) is 35.1 Å². The summed E-state index contributed by atoms with van der Waals surface area (Å²) in [5.74, 6) is 0.357. The molecule has 1 fully saturated rings. The average molecular weight is 534 g/mol. The van der Waals surface area contributed by atoms with E-state index in [1.54, 1.807) is 35.4 Å². The maximum atomic E-state index is 13.4. The van der Waals surface area contributed by atoms with E-state index < -0.39 is 6.04 Å². The van der Waals surface area contributed by atoms with Crippen molar-refractivity contribution < 1.29 is 18.7 Å². The lowest BCUT2D eigenvalue weighted by Crippen LogP contribution is -2.44. The van der Waals surface area contributed by atoms with Gasteiger partial charge in [0.1, 0.15) is 29.9 Å². The number of carbonyl (C=O) groups excluding carboxylic acids is 2. The maximum Gasteiger partial charge on any atom is 0.247 e. The van der Waals surface area contributed by atoms with Gasteiger partial charge in [-0.15, -0.1) is 5.10 Å². The van der Waals surface area contributed by atoms with Crippen molar-refractivity contribution in [2.45, 2.75) is 25.4 Å². The van der Waals surface area contributed by atoms with Crippen molar-refractivity contribution in [3.05, 3.63) is 102 Å². The number of benzene rings is 3. The molecule has 3 aromatic carbocycles. The molecule has 8 nitrogen and oxygen atoms in total. The van der Waals surface area contributed by atoms with Crippen LogP contribution in [0, 0.1) is 11.7 Å². The summed E-state index contributed by atoms with van der Waals surface area (Å²) in [7, 11) is 0. The summed E-state index contributed by atoms with van der Waals surface area (Å²) in [4.78, 5) is 28.1. The van der Waals surface area contributed by atoms with E-state index in [9.17, 15) is 14.0 Å².